The average molecular weight is 1130 g/mol. The number of pyridine rings is 2. The summed E-state index contributed by atoms with van der Waals surface area (Å²) in [6, 6.07) is 14.2. The first-order valence-electron chi connectivity index (χ1n) is 24.7. The number of benzene rings is 2. The minimum absolute atomic E-state index is 0.0182. The summed E-state index contributed by atoms with van der Waals surface area (Å²) in [4.78, 5) is 31.0. The molecular weight excluding hydrogens is 1070 g/mol. The zero-order chi connectivity index (χ0) is 55.9. The lowest BCUT2D eigenvalue weighted by molar-refractivity contribution is -0.757. The third kappa shape index (κ3) is 13.6. The maximum absolute atomic E-state index is 15.8. The summed E-state index contributed by atoms with van der Waals surface area (Å²) in [5.74, 6) is 1.05. The predicted molar refractivity (Wildman–Crippen MR) is 293 cm³/mol. The van der Waals surface area contributed by atoms with E-state index in [0.29, 0.717) is 90.4 Å². The van der Waals surface area contributed by atoms with Crippen LogP contribution in [0.4, 0.5) is 27.4 Å². The summed E-state index contributed by atoms with van der Waals surface area (Å²) in [7, 11) is -4.83. The predicted octanol–water partition coefficient (Wildman–Crippen LogP) is 4.97. The van der Waals surface area contributed by atoms with Crippen molar-refractivity contribution in [2.45, 2.75) is 63.4 Å². The number of likely N-dealkylation sites (N-methyl/N-ethyl adjacent to an activating group) is 2. The Morgan fingerprint density at radius 3 is 1.81 bits per heavy atom. The van der Waals surface area contributed by atoms with Crippen molar-refractivity contribution < 1.29 is 45.6 Å². The fourth-order valence-electron chi connectivity index (χ4n) is 8.19. The number of aryl methyl sites for hydroxylation is 2. The number of aliphatic hydroxyl groups is 2. The van der Waals surface area contributed by atoms with Crippen LogP contribution < -0.4 is 34.2 Å². The van der Waals surface area contributed by atoms with E-state index < -0.39 is 32.0 Å². The number of aromatic nitrogens is 10. The largest absolute Gasteiger partial charge is 0.491 e. The highest BCUT2D eigenvalue weighted by atomic mass is 35.5. The van der Waals surface area contributed by atoms with Gasteiger partial charge >= 0.3 is 0 Å². The number of sulfonamides is 2. The molecule has 1 atom stereocenters. The molecule has 28 heteroatoms. The van der Waals surface area contributed by atoms with Gasteiger partial charge in [-0.05, 0) is 90.3 Å². The van der Waals surface area contributed by atoms with Crippen LogP contribution in [-0.2, 0) is 26.6 Å². The summed E-state index contributed by atoms with van der Waals surface area (Å²) in [5, 5.41) is 36.7. The first-order chi connectivity index (χ1) is 37.2. The van der Waals surface area contributed by atoms with Crippen LogP contribution in [0.25, 0.3) is 44.8 Å². The van der Waals surface area contributed by atoms with Crippen molar-refractivity contribution in [1.82, 2.24) is 55.0 Å². The lowest BCUT2D eigenvalue weighted by atomic mass is 10.1. The van der Waals surface area contributed by atoms with Gasteiger partial charge in [-0.15, -0.1) is 9.78 Å². The standard InChI is InChI=1S/C50H60ClFN16O8S2/c1-29(2)75-35-12-14-53-41(26-35)78(73,74)65-40-11-9-34(25-38(40)52)46-58-48(56-17-19-67(7)21-23-70)44-32(5)68(63-50(44)60-46)28-30(3)76-36-13-15-54-42(27-36)77(71,72)64-39-10-8-33(24-37(39)51)45-57-47(55-16-18-66(6)20-22-69)43-31(4)61-62-49(43)59-45/h8-15,24-27,29-30,69-70H,16-23,28H2,1-7H3,(H5,55,56,57,58,59,60,61,62,63,64,65)/p+1. The van der Waals surface area contributed by atoms with E-state index >= 15 is 4.39 Å². The van der Waals surface area contributed by atoms with Gasteiger partial charge in [0, 0.05) is 81.8 Å². The molecule has 6 heterocycles. The summed E-state index contributed by atoms with van der Waals surface area (Å²) in [5.41, 5.74) is 2.86. The Bertz CT molecular complexity index is 3670. The molecule has 0 amide bonds. The summed E-state index contributed by atoms with van der Waals surface area (Å²) in [6.07, 6.45) is 1.83. The zero-order valence-electron chi connectivity index (χ0n) is 43.8. The van der Waals surface area contributed by atoms with Crippen LogP contribution >= 0.6 is 11.6 Å². The van der Waals surface area contributed by atoms with E-state index in [-0.39, 0.29) is 69.4 Å². The van der Waals surface area contributed by atoms with Crippen molar-refractivity contribution in [3.8, 4) is 34.3 Å². The monoisotopic (exact) mass is 1130 g/mol. The molecular formula is C50H61ClFN16O8S2+. The van der Waals surface area contributed by atoms with Crippen molar-refractivity contribution in [1.29, 1.82) is 0 Å². The van der Waals surface area contributed by atoms with Gasteiger partial charge in [-0.1, -0.05) is 11.6 Å². The second kappa shape index (κ2) is 24.5. The Labute approximate surface area is 454 Å². The van der Waals surface area contributed by atoms with Crippen LogP contribution in [-0.4, -0.2) is 161 Å². The Balaban J connectivity index is 0.979. The number of anilines is 4. The molecule has 8 rings (SSSR count). The molecule has 8 N–H and O–H groups in total. The van der Waals surface area contributed by atoms with Gasteiger partial charge < -0.3 is 40.1 Å². The number of halogens is 2. The van der Waals surface area contributed by atoms with Crippen LogP contribution in [0.3, 0.4) is 0 Å². The SMILES string of the molecule is Cc1n[nH]c2nc(-c3ccc(NS(=O)(=O)c4cc(OC(C)C[n+]5[nH]c6nc(-c7ccc(NS(=O)(=O)c8cc(OC(C)C)ccn8)c(F)c7)nc(NCCN(C)CCO)c6c5C)ccn4)c(Cl)c3)nc(NCCN(C)CCO)c12. The van der Waals surface area contributed by atoms with Gasteiger partial charge in [0.2, 0.25) is 17.9 Å². The Hall–Kier alpha value is -7.40. The van der Waals surface area contributed by atoms with E-state index in [2.05, 4.69) is 50.3 Å². The summed E-state index contributed by atoms with van der Waals surface area (Å²) in [6.45, 7) is 12.5. The quantitative estimate of drug-likeness (QED) is 0.0332. The van der Waals surface area contributed by atoms with Gasteiger partial charge in [0.05, 0.1) is 46.8 Å². The maximum Gasteiger partial charge on any atom is 0.279 e. The molecule has 0 spiro atoms. The second-order valence-corrected chi connectivity index (χ2v) is 22.3. The molecule has 0 bridgehead atoms. The number of hydrogen-bond acceptors (Lipinski definition) is 19. The first-order valence-corrected chi connectivity index (χ1v) is 28.1. The third-order valence-electron chi connectivity index (χ3n) is 12.1. The molecule has 1 unspecified atom stereocenters. The summed E-state index contributed by atoms with van der Waals surface area (Å²) >= 11 is 6.71. The molecule has 2 aromatic carbocycles. The second-order valence-electron chi connectivity index (χ2n) is 18.6. The highest BCUT2D eigenvalue weighted by Gasteiger charge is 2.27. The molecule has 414 valence electrons. The van der Waals surface area contributed by atoms with Crippen molar-refractivity contribution >= 4 is 76.7 Å². The fraction of sp³-hybridized carbons (Fsp3) is 0.360. The van der Waals surface area contributed by atoms with Gasteiger partial charge in [-0.3, -0.25) is 14.5 Å². The van der Waals surface area contributed by atoms with Crippen molar-refractivity contribution in [3.05, 3.63) is 95.3 Å². The summed E-state index contributed by atoms with van der Waals surface area (Å²) < 4.78 is 88.5. The molecule has 0 saturated heterocycles. The molecule has 0 radical (unpaired) electrons. The zero-order valence-corrected chi connectivity index (χ0v) is 46.2. The number of rotatable bonds is 26. The van der Waals surface area contributed by atoms with E-state index in [1.807, 2.05) is 37.7 Å². The van der Waals surface area contributed by atoms with E-state index in [1.54, 1.807) is 37.6 Å². The van der Waals surface area contributed by atoms with Crippen molar-refractivity contribution in [2.75, 3.05) is 86.7 Å². The minimum Gasteiger partial charge on any atom is -0.491 e. The lowest BCUT2D eigenvalue weighted by Crippen LogP contribution is -2.44. The smallest absolute Gasteiger partial charge is 0.279 e. The Morgan fingerprint density at radius 2 is 1.24 bits per heavy atom. The van der Waals surface area contributed by atoms with Gasteiger partial charge in [0.1, 0.15) is 34.3 Å². The Morgan fingerprint density at radius 1 is 0.705 bits per heavy atom. The molecule has 24 nitrogen and oxygen atoms in total. The molecule has 8 aromatic rings. The Kier molecular flexibility index (Phi) is 17.8. The van der Waals surface area contributed by atoms with Crippen molar-refractivity contribution in [2.24, 2.45) is 0 Å². The van der Waals surface area contributed by atoms with E-state index in [0.717, 1.165) is 17.1 Å². The molecule has 0 saturated carbocycles. The molecule has 0 aliphatic rings. The number of aromatic amines is 2. The molecule has 0 aliphatic heterocycles. The number of nitrogens with zero attached hydrogens (tertiary/aromatic N) is 10. The highest BCUT2D eigenvalue weighted by molar-refractivity contribution is 7.93. The van der Waals surface area contributed by atoms with Gasteiger partial charge in [-0.25, -0.2) is 34.3 Å². The highest BCUT2D eigenvalue weighted by Crippen LogP contribution is 2.33. The number of hydrogen-bond donors (Lipinski definition) is 8. The van der Waals surface area contributed by atoms with Crippen LogP contribution in [0.5, 0.6) is 11.5 Å². The van der Waals surface area contributed by atoms with Gasteiger partial charge in [-0.2, -0.15) is 21.9 Å². The maximum atomic E-state index is 15.8. The molecule has 0 fully saturated rings. The average Bonchev–Trinajstić information content (AvgIpc) is 4.01. The lowest BCUT2D eigenvalue weighted by Gasteiger charge is -2.16. The van der Waals surface area contributed by atoms with Crippen LogP contribution in [0, 0.1) is 19.7 Å². The molecule has 0 aliphatic carbocycles. The van der Waals surface area contributed by atoms with Crippen LogP contribution in [0.1, 0.15) is 32.2 Å². The van der Waals surface area contributed by atoms with Crippen molar-refractivity contribution in [3.63, 3.8) is 0 Å². The number of aliphatic hydroxyl groups excluding tert-OH is 2. The van der Waals surface area contributed by atoms with Gasteiger partial charge in [0.15, 0.2) is 33.5 Å². The topological polar surface area (TPSA) is 307 Å². The first kappa shape index (κ1) is 56.8. The van der Waals surface area contributed by atoms with E-state index in [9.17, 15) is 27.0 Å². The number of nitrogens with one attached hydrogen (secondary N) is 6. The number of ether oxygens (including phenoxy) is 2. The third-order valence-corrected chi connectivity index (χ3v) is 14.9. The normalized spacial score (nSPS) is 12.5. The number of fused-ring (bicyclic) bond motifs is 2. The molecule has 78 heavy (non-hydrogen) atoms. The van der Waals surface area contributed by atoms with Gasteiger partial charge in [0.25, 0.3) is 20.0 Å². The molecule has 6 aromatic heterocycles. The van der Waals surface area contributed by atoms with Crippen LogP contribution in [0.2, 0.25) is 5.02 Å². The minimum atomic E-state index is -4.31. The van der Waals surface area contributed by atoms with Crippen LogP contribution in [0.15, 0.2) is 83.1 Å². The van der Waals surface area contributed by atoms with E-state index in [1.165, 1.54) is 54.9 Å². The van der Waals surface area contributed by atoms with E-state index in [4.69, 9.17) is 36.0 Å². The number of H-pyrrole nitrogens is 2. The fourth-order valence-corrected chi connectivity index (χ4v) is 10.5.